The molecule has 1 unspecified atom stereocenters. The summed E-state index contributed by atoms with van der Waals surface area (Å²) in [5.74, 6) is 1.72. The Morgan fingerprint density at radius 1 is 1.32 bits per heavy atom. The van der Waals surface area contributed by atoms with Crippen molar-refractivity contribution in [3.05, 3.63) is 29.0 Å². The fourth-order valence-electron chi connectivity index (χ4n) is 2.77. The van der Waals surface area contributed by atoms with Gasteiger partial charge in [-0.1, -0.05) is 0 Å². The summed E-state index contributed by atoms with van der Waals surface area (Å²) in [6, 6.07) is 2.14. The SMILES string of the molecule is OCC1CCCCN1c1cc(NCCc2nccs2)ncn1. The fraction of sp³-hybridized carbons (Fsp3) is 0.533. The number of aliphatic hydroxyl groups is 1. The van der Waals surface area contributed by atoms with E-state index in [1.54, 1.807) is 17.7 Å². The third-order valence-electron chi connectivity index (χ3n) is 3.91. The van der Waals surface area contributed by atoms with Gasteiger partial charge >= 0.3 is 0 Å². The van der Waals surface area contributed by atoms with Crippen molar-refractivity contribution in [3.8, 4) is 0 Å². The molecule has 0 amide bonds. The van der Waals surface area contributed by atoms with Gasteiger partial charge in [0.05, 0.1) is 17.7 Å². The topological polar surface area (TPSA) is 74.2 Å². The van der Waals surface area contributed by atoms with Gasteiger partial charge in [-0.2, -0.15) is 0 Å². The van der Waals surface area contributed by atoms with Crippen molar-refractivity contribution < 1.29 is 5.11 Å². The Hall–Kier alpha value is -1.73. The molecule has 3 heterocycles. The average molecular weight is 319 g/mol. The number of nitrogens with one attached hydrogen (secondary N) is 1. The molecule has 1 saturated heterocycles. The average Bonchev–Trinajstić information content (AvgIpc) is 3.08. The van der Waals surface area contributed by atoms with E-state index < -0.39 is 0 Å². The van der Waals surface area contributed by atoms with Crippen LogP contribution in [-0.4, -0.2) is 45.8 Å². The van der Waals surface area contributed by atoms with Gasteiger partial charge in [-0.3, -0.25) is 0 Å². The number of aromatic nitrogens is 3. The Labute approximate surface area is 134 Å². The molecular weight excluding hydrogens is 298 g/mol. The van der Waals surface area contributed by atoms with E-state index in [1.807, 2.05) is 17.6 Å². The zero-order chi connectivity index (χ0) is 15.2. The first kappa shape index (κ1) is 15.2. The Morgan fingerprint density at radius 2 is 2.27 bits per heavy atom. The lowest BCUT2D eigenvalue weighted by molar-refractivity contribution is 0.239. The minimum atomic E-state index is 0.173. The highest BCUT2D eigenvalue weighted by molar-refractivity contribution is 7.09. The normalized spacial score (nSPS) is 18.4. The van der Waals surface area contributed by atoms with Crippen LogP contribution in [0.25, 0.3) is 0 Å². The summed E-state index contributed by atoms with van der Waals surface area (Å²) < 4.78 is 0. The molecule has 0 bridgehead atoms. The Morgan fingerprint density at radius 3 is 3.09 bits per heavy atom. The molecule has 2 aromatic heterocycles. The van der Waals surface area contributed by atoms with E-state index in [-0.39, 0.29) is 12.6 Å². The smallest absolute Gasteiger partial charge is 0.134 e. The lowest BCUT2D eigenvalue weighted by Crippen LogP contribution is -2.42. The van der Waals surface area contributed by atoms with Crippen LogP contribution in [0.4, 0.5) is 11.6 Å². The lowest BCUT2D eigenvalue weighted by atomic mass is 10.0. The molecule has 1 aliphatic heterocycles. The molecule has 1 fully saturated rings. The number of hydrogen-bond donors (Lipinski definition) is 2. The van der Waals surface area contributed by atoms with Crippen molar-refractivity contribution >= 4 is 23.0 Å². The molecule has 0 radical (unpaired) electrons. The van der Waals surface area contributed by atoms with Crippen LogP contribution in [0.5, 0.6) is 0 Å². The maximum Gasteiger partial charge on any atom is 0.134 e. The van der Waals surface area contributed by atoms with E-state index in [9.17, 15) is 5.11 Å². The molecule has 6 nitrogen and oxygen atoms in total. The van der Waals surface area contributed by atoms with E-state index in [1.165, 1.54) is 6.42 Å². The van der Waals surface area contributed by atoms with Crippen molar-refractivity contribution in [3.63, 3.8) is 0 Å². The minimum absolute atomic E-state index is 0.173. The second-order valence-corrected chi connectivity index (χ2v) is 6.37. The van der Waals surface area contributed by atoms with E-state index in [0.717, 1.165) is 49.0 Å². The first-order valence-electron chi connectivity index (χ1n) is 7.68. The second kappa shape index (κ2) is 7.51. The van der Waals surface area contributed by atoms with Crippen LogP contribution in [0.15, 0.2) is 24.0 Å². The molecule has 1 aliphatic rings. The van der Waals surface area contributed by atoms with E-state index in [4.69, 9.17) is 0 Å². The number of thiazole rings is 1. The largest absolute Gasteiger partial charge is 0.394 e. The number of rotatable bonds is 6. The molecule has 7 heteroatoms. The van der Waals surface area contributed by atoms with Gasteiger partial charge < -0.3 is 15.3 Å². The molecule has 1 atom stereocenters. The van der Waals surface area contributed by atoms with Crippen molar-refractivity contribution in [2.75, 3.05) is 29.9 Å². The first-order valence-corrected chi connectivity index (χ1v) is 8.56. The first-order chi connectivity index (χ1) is 10.9. The number of anilines is 2. The molecule has 0 aromatic carbocycles. The number of hydrogen-bond acceptors (Lipinski definition) is 7. The summed E-state index contributed by atoms with van der Waals surface area (Å²) in [5, 5.41) is 16.0. The Bertz CT molecular complexity index is 577. The molecule has 118 valence electrons. The van der Waals surface area contributed by atoms with Crippen LogP contribution in [0.2, 0.25) is 0 Å². The van der Waals surface area contributed by atoms with Crippen LogP contribution in [0, 0.1) is 0 Å². The predicted molar refractivity (Wildman–Crippen MR) is 88.4 cm³/mol. The number of piperidine rings is 1. The highest BCUT2D eigenvalue weighted by atomic mass is 32.1. The zero-order valence-electron chi connectivity index (χ0n) is 12.5. The molecule has 22 heavy (non-hydrogen) atoms. The minimum Gasteiger partial charge on any atom is -0.394 e. The van der Waals surface area contributed by atoms with Crippen LogP contribution in [0.3, 0.4) is 0 Å². The summed E-state index contributed by atoms with van der Waals surface area (Å²) in [6.45, 7) is 1.92. The van der Waals surface area contributed by atoms with Crippen LogP contribution in [0.1, 0.15) is 24.3 Å². The van der Waals surface area contributed by atoms with Crippen molar-refractivity contribution in [2.45, 2.75) is 31.7 Å². The third-order valence-corrected chi connectivity index (χ3v) is 4.75. The van der Waals surface area contributed by atoms with Crippen molar-refractivity contribution in [1.82, 2.24) is 15.0 Å². The van der Waals surface area contributed by atoms with Crippen LogP contribution >= 0.6 is 11.3 Å². The van der Waals surface area contributed by atoms with Gasteiger partial charge in [0.25, 0.3) is 0 Å². The quantitative estimate of drug-likeness (QED) is 0.847. The summed E-state index contributed by atoms with van der Waals surface area (Å²) in [6.07, 6.45) is 7.64. The molecule has 0 aliphatic carbocycles. The molecule has 2 N–H and O–H groups in total. The van der Waals surface area contributed by atoms with Crippen molar-refractivity contribution in [2.24, 2.45) is 0 Å². The van der Waals surface area contributed by atoms with E-state index in [0.29, 0.717) is 0 Å². The van der Waals surface area contributed by atoms with E-state index in [2.05, 4.69) is 25.2 Å². The van der Waals surface area contributed by atoms with Crippen LogP contribution < -0.4 is 10.2 Å². The Kier molecular flexibility index (Phi) is 5.18. The summed E-state index contributed by atoms with van der Waals surface area (Å²) in [4.78, 5) is 15.1. The number of aliphatic hydroxyl groups excluding tert-OH is 1. The Balaban J connectivity index is 1.61. The highest BCUT2D eigenvalue weighted by Crippen LogP contribution is 2.24. The van der Waals surface area contributed by atoms with Gasteiger partial charge in [0.15, 0.2) is 0 Å². The molecular formula is C15H21N5OS. The van der Waals surface area contributed by atoms with Gasteiger partial charge in [-0.25, -0.2) is 15.0 Å². The lowest BCUT2D eigenvalue weighted by Gasteiger charge is -2.35. The standard InChI is InChI=1S/C15H21N5OS/c21-10-12-3-1-2-7-20(12)14-9-13(18-11-19-14)16-5-4-15-17-6-8-22-15/h6,8-9,11-12,21H,1-5,7,10H2,(H,16,18,19). The third kappa shape index (κ3) is 3.72. The summed E-state index contributed by atoms with van der Waals surface area (Å²) in [5.41, 5.74) is 0. The van der Waals surface area contributed by atoms with Gasteiger partial charge in [0.1, 0.15) is 18.0 Å². The number of nitrogens with zero attached hydrogens (tertiary/aromatic N) is 4. The van der Waals surface area contributed by atoms with Gasteiger partial charge in [-0.05, 0) is 19.3 Å². The molecule has 0 spiro atoms. The maximum atomic E-state index is 9.53. The summed E-state index contributed by atoms with van der Waals surface area (Å²) in [7, 11) is 0. The predicted octanol–water partition coefficient (Wildman–Crippen LogP) is 1.94. The maximum absolute atomic E-state index is 9.53. The zero-order valence-corrected chi connectivity index (χ0v) is 13.3. The monoisotopic (exact) mass is 319 g/mol. The van der Waals surface area contributed by atoms with Gasteiger partial charge in [0, 0.05) is 37.2 Å². The summed E-state index contributed by atoms with van der Waals surface area (Å²) >= 11 is 1.67. The molecule has 3 rings (SSSR count). The van der Waals surface area contributed by atoms with Gasteiger partial charge in [-0.15, -0.1) is 11.3 Å². The molecule has 2 aromatic rings. The van der Waals surface area contributed by atoms with Gasteiger partial charge in [0.2, 0.25) is 0 Å². The highest BCUT2D eigenvalue weighted by Gasteiger charge is 2.23. The molecule has 0 saturated carbocycles. The fourth-order valence-corrected chi connectivity index (χ4v) is 3.39. The second-order valence-electron chi connectivity index (χ2n) is 5.39. The van der Waals surface area contributed by atoms with Crippen LogP contribution in [-0.2, 0) is 6.42 Å². The van der Waals surface area contributed by atoms with E-state index >= 15 is 0 Å². The van der Waals surface area contributed by atoms with Crippen molar-refractivity contribution in [1.29, 1.82) is 0 Å².